The number of phenols is 1. The van der Waals surface area contributed by atoms with E-state index in [9.17, 15) is 9.90 Å². The Morgan fingerprint density at radius 1 is 0.423 bits per heavy atom. The van der Waals surface area contributed by atoms with Gasteiger partial charge in [-0.3, -0.25) is 4.79 Å². The molecule has 1 N–H and O–H groups in total. The van der Waals surface area contributed by atoms with Gasteiger partial charge in [-0.05, 0) is 139 Å². The number of carbonyl (C=O) groups excluding carboxylic acids is 1. The predicted molar refractivity (Wildman–Crippen MR) is 308 cm³/mol. The molecule has 0 aliphatic carbocycles. The molecule has 3 nitrogen and oxygen atoms in total. The Hall–Kier alpha value is -5.15. The molecule has 0 aliphatic heterocycles. The second-order valence-electron chi connectivity index (χ2n) is 21.5. The highest BCUT2D eigenvalue weighted by Crippen LogP contribution is 2.51. The minimum absolute atomic E-state index is 0.160. The lowest BCUT2D eigenvalue weighted by Crippen LogP contribution is -2.07. The van der Waals surface area contributed by atoms with Crippen LogP contribution in [0.2, 0.25) is 0 Å². The first kappa shape index (κ1) is 53.6. The number of rotatable bonds is 27. The fourth-order valence-electron chi connectivity index (χ4n) is 12.1. The number of unbranched alkanes of at least 4 members (excludes halogenated alkanes) is 4. The highest BCUT2D eigenvalue weighted by molar-refractivity contribution is 6.19. The molecular formula is C68H88O3. The summed E-state index contributed by atoms with van der Waals surface area (Å²) < 4.78 is 6.71. The van der Waals surface area contributed by atoms with E-state index in [0.717, 1.165) is 95.2 Å². The maximum atomic E-state index is 13.8. The van der Waals surface area contributed by atoms with E-state index in [0.29, 0.717) is 29.4 Å². The summed E-state index contributed by atoms with van der Waals surface area (Å²) in [5.74, 6) is 2.65. The standard InChI is InChI=1S/C68H88O3/c1-10-18-26-47(14-5)38-51-30-22-34-56-60(51)44-61-52(39-48(15-6)27-19-11-2)31-23-35-57(61)66(56)64-42-55(70)43-65(68(64)71-46(9)69)67-58-36-24-32-53(40-49(16-7)28-20-12-3)62(58)45-63-54(33-25-37-59(63)67)41-50(17-8)29-21-13-4/h22-25,30-37,42-45,47-50,70H,10-21,26-29,38-41H2,1-9H3. The molecule has 0 fully saturated rings. The van der Waals surface area contributed by atoms with E-state index in [4.69, 9.17) is 4.74 Å². The number of ether oxygens (including phenoxy) is 1. The SMILES string of the molecule is CCCCC(CC)Cc1cccc2c(-c3cc(O)cc(-c4c5cccc(CC(CC)CCCC)c5cc5c(CC(CC)CCCC)cccc45)c3OC(C)=O)c3cccc(CC(CC)CCCC)c3cc12. The van der Waals surface area contributed by atoms with Crippen LogP contribution in [0.5, 0.6) is 11.5 Å². The number of fused-ring (bicyclic) bond motifs is 4. The summed E-state index contributed by atoms with van der Waals surface area (Å²) in [5.41, 5.74) is 9.01. The molecular weight excluding hydrogens is 865 g/mol. The van der Waals surface area contributed by atoms with Gasteiger partial charge in [-0.1, -0.05) is 231 Å². The number of aromatic hydroxyl groups is 1. The van der Waals surface area contributed by atoms with Crippen LogP contribution in [0.1, 0.15) is 187 Å². The maximum Gasteiger partial charge on any atom is 0.308 e. The molecule has 3 heteroatoms. The Bertz CT molecular complexity index is 2530. The van der Waals surface area contributed by atoms with Crippen molar-refractivity contribution in [2.45, 2.75) is 191 Å². The molecule has 0 heterocycles. The second kappa shape index (κ2) is 26.0. The van der Waals surface area contributed by atoms with Crippen molar-refractivity contribution < 1.29 is 14.6 Å². The van der Waals surface area contributed by atoms with E-state index in [1.165, 1.54) is 128 Å². The minimum Gasteiger partial charge on any atom is -0.508 e. The van der Waals surface area contributed by atoms with Crippen molar-refractivity contribution in [1.29, 1.82) is 0 Å². The molecule has 0 radical (unpaired) electrons. The van der Waals surface area contributed by atoms with Crippen LogP contribution < -0.4 is 4.74 Å². The van der Waals surface area contributed by atoms with Crippen LogP contribution in [0.4, 0.5) is 0 Å². The average molecular weight is 953 g/mol. The maximum absolute atomic E-state index is 13.8. The summed E-state index contributed by atoms with van der Waals surface area (Å²) in [7, 11) is 0. The van der Waals surface area contributed by atoms with Crippen LogP contribution in [0, 0.1) is 23.7 Å². The zero-order chi connectivity index (χ0) is 50.4. The number of phenolic OH excluding ortho intramolecular Hbond substituents is 1. The van der Waals surface area contributed by atoms with E-state index >= 15 is 0 Å². The zero-order valence-corrected chi connectivity index (χ0v) is 45.5. The first-order valence-electron chi connectivity index (χ1n) is 28.6. The van der Waals surface area contributed by atoms with Gasteiger partial charge in [-0.15, -0.1) is 0 Å². The van der Waals surface area contributed by atoms with E-state index in [1.54, 1.807) is 0 Å². The molecule has 0 saturated carbocycles. The van der Waals surface area contributed by atoms with Gasteiger partial charge >= 0.3 is 5.97 Å². The van der Waals surface area contributed by atoms with Crippen molar-refractivity contribution >= 4 is 49.1 Å². The molecule has 0 aliphatic rings. The summed E-state index contributed by atoms with van der Waals surface area (Å²) >= 11 is 0. The Labute approximate surface area is 429 Å². The number of carbonyl (C=O) groups is 1. The van der Waals surface area contributed by atoms with Gasteiger partial charge in [0.15, 0.2) is 0 Å². The first-order valence-corrected chi connectivity index (χ1v) is 28.6. The molecule has 0 aromatic heterocycles. The molecule has 7 aromatic rings. The normalized spacial score (nSPS) is 13.6. The average Bonchev–Trinajstić information content (AvgIpc) is 3.38. The Morgan fingerprint density at radius 3 is 0.944 bits per heavy atom. The van der Waals surface area contributed by atoms with Crippen LogP contribution in [0.15, 0.2) is 97.1 Å². The van der Waals surface area contributed by atoms with Gasteiger partial charge in [0.1, 0.15) is 11.5 Å². The lowest BCUT2D eigenvalue weighted by Gasteiger charge is -2.24. The number of hydrogen-bond acceptors (Lipinski definition) is 3. The van der Waals surface area contributed by atoms with Crippen molar-refractivity contribution in [3.05, 3.63) is 119 Å². The molecule has 71 heavy (non-hydrogen) atoms. The molecule has 7 aromatic carbocycles. The van der Waals surface area contributed by atoms with Crippen molar-refractivity contribution in [1.82, 2.24) is 0 Å². The molecule has 4 atom stereocenters. The van der Waals surface area contributed by atoms with Gasteiger partial charge in [-0.25, -0.2) is 0 Å². The quantitative estimate of drug-likeness (QED) is 0.0317. The van der Waals surface area contributed by atoms with E-state index < -0.39 is 0 Å². The topological polar surface area (TPSA) is 46.5 Å². The third-order valence-corrected chi connectivity index (χ3v) is 16.5. The second-order valence-corrected chi connectivity index (χ2v) is 21.5. The molecule has 0 bridgehead atoms. The molecule has 378 valence electrons. The molecule has 7 rings (SSSR count). The lowest BCUT2D eigenvalue weighted by molar-refractivity contribution is -0.131. The lowest BCUT2D eigenvalue weighted by atomic mass is 9.81. The molecule has 0 amide bonds. The summed E-state index contributed by atoms with van der Waals surface area (Å²) in [4.78, 5) is 13.8. The summed E-state index contributed by atoms with van der Waals surface area (Å²) in [6.07, 6.45) is 23.2. The van der Waals surface area contributed by atoms with Crippen LogP contribution in [0.25, 0.3) is 65.3 Å². The van der Waals surface area contributed by atoms with Gasteiger partial charge in [0.05, 0.1) is 0 Å². The number of esters is 1. The third kappa shape index (κ3) is 12.6. The minimum atomic E-state index is -0.373. The van der Waals surface area contributed by atoms with Crippen LogP contribution in [-0.4, -0.2) is 11.1 Å². The predicted octanol–water partition coefficient (Wildman–Crippen LogP) is 20.3. The van der Waals surface area contributed by atoms with Crippen molar-refractivity contribution in [3.63, 3.8) is 0 Å². The number of benzene rings is 7. The Morgan fingerprint density at radius 2 is 0.704 bits per heavy atom. The van der Waals surface area contributed by atoms with Crippen LogP contribution in [-0.2, 0) is 30.5 Å². The monoisotopic (exact) mass is 953 g/mol. The highest BCUT2D eigenvalue weighted by atomic mass is 16.5. The molecule has 0 saturated heterocycles. The van der Waals surface area contributed by atoms with Crippen molar-refractivity contribution in [3.8, 4) is 33.8 Å². The summed E-state index contributed by atoms with van der Waals surface area (Å²) in [5, 5.41) is 21.9. The van der Waals surface area contributed by atoms with E-state index in [-0.39, 0.29) is 11.7 Å². The van der Waals surface area contributed by atoms with E-state index in [2.05, 4.69) is 140 Å². The third-order valence-electron chi connectivity index (χ3n) is 16.5. The number of hydrogen-bond donors (Lipinski definition) is 1. The fraction of sp³-hybridized carbons (Fsp3) is 0.485. The largest absolute Gasteiger partial charge is 0.508 e. The first-order chi connectivity index (χ1) is 34.6. The Kier molecular flexibility index (Phi) is 19.6. The Balaban J connectivity index is 1.60. The smallest absolute Gasteiger partial charge is 0.308 e. The van der Waals surface area contributed by atoms with Gasteiger partial charge in [-0.2, -0.15) is 0 Å². The van der Waals surface area contributed by atoms with Gasteiger partial charge in [0.2, 0.25) is 0 Å². The van der Waals surface area contributed by atoms with Crippen molar-refractivity contribution in [2.75, 3.05) is 0 Å². The van der Waals surface area contributed by atoms with Gasteiger partial charge in [0.25, 0.3) is 0 Å². The fourth-order valence-corrected chi connectivity index (χ4v) is 12.1. The van der Waals surface area contributed by atoms with Crippen LogP contribution in [0.3, 0.4) is 0 Å². The summed E-state index contributed by atoms with van der Waals surface area (Å²) in [6, 6.07) is 36.1. The summed E-state index contributed by atoms with van der Waals surface area (Å²) in [6.45, 7) is 20.1. The molecule has 0 spiro atoms. The van der Waals surface area contributed by atoms with Crippen molar-refractivity contribution in [2.24, 2.45) is 23.7 Å². The molecule has 4 unspecified atom stereocenters. The highest BCUT2D eigenvalue weighted by Gasteiger charge is 2.27. The van der Waals surface area contributed by atoms with Gasteiger partial charge in [0, 0.05) is 29.2 Å². The zero-order valence-electron chi connectivity index (χ0n) is 45.5. The van der Waals surface area contributed by atoms with Crippen LogP contribution >= 0.6 is 0 Å². The van der Waals surface area contributed by atoms with E-state index in [1.807, 2.05) is 12.1 Å². The van der Waals surface area contributed by atoms with Gasteiger partial charge < -0.3 is 9.84 Å².